The minimum absolute atomic E-state index is 0.0362. The Bertz CT molecular complexity index is 459. The first-order valence-electron chi connectivity index (χ1n) is 5.91. The molecule has 1 aliphatic rings. The second-order valence-corrected chi connectivity index (χ2v) is 4.67. The lowest BCUT2D eigenvalue weighted by molar-refractivity contribution is -0.141. The van der Waals surface area contributed by atoms with Crippen molar-refractivity contribution in [2.45, 2.75) is 24.6 Å². The van der Waals surface area contributed by atoms with E-state index in [1.807, 2.05) is 0 Å². The topological polar surface area (TPSA) is 41.0 Å². The van der Waals surface area contributed by atoms with E-state index < -0.39 is 23.8 Å². The van der Waals surface area contributed by atoms with Gasteiger partial charge in [0.15, 0.2) is 5.69 Å². The summed E-state index contributed by atoms with van der Waals surface area (Å²) in [6.45, 7) is 0.168. The first kappa shape index (κ1) is 14.9. The largest absolute Gasteiger partial charge is 0.434 e. The molecular weight excluding hydrogens is 283 g/mol. The van der Waals surface area contributed by atoms with Gasteiger partial charge in [-0.2, -0.15) is 13.2 Å². The van der Waals surface area contributed by atoms with Gasteiger partial charge >= 0.3 is 6.18 Å². The monoisotopic (exact) mass is 296 g/mol. The minimum atomic E-state index is -4.57. The highest BCUT2D eigenvalue weighted by Crippen LogP contribution is 2.33. The summed E-state index contributed by atoms with van der Waals surface area (Å²) in [5.41, 5.74) is -1.12. The van der Waals surface area contributed by atoms with E-state index in [0.717, 1.165) is 6.20 Å². The molecule has 0 aromatic carbocycles. The van der Waals surface area contributed by atoms with Crippen molar-refractivity contribution in [3.8, 4) is 0 Å². The highest BCUT2D eigenvalue weighted by molar-refractivity contribution is 5.32. The normalized spacial score (nSPS) is 23.0. The summed E-state index contributed by atoms with van der Waals surface area (Å²) in [4.78, 5) is 8.23. The van der Waals surface area contributed by atoms with Crippen LogP contribution in [-0.2, 0) is 6.18 Å². The number of likely N-dealkylation sites (N-methyl/N-ethyl adjacent to an activating group) is 1. The summed E-state index contributed by atoms with van der Waals surface area (Å²) in [5.74, 6) is -2.78. The Morgan fingerprint density at radius 3 is 2.50 bits per heavy atom. The molecule has 1 unspecified atom stereocenters. The zero-order valence-corrected chi connectivity index (χ0v) is 10.6. The number of halogens is 5. The molecule has 0 radical (unpaired) electrons. The summed E-state index contributed by atoms with van der Waals surface area (Å²) < 4.78 is 63.9. The molecule has 112 valence electrons. The molecule has 2 rings (SSSR count). The van der Waals surface area contributed by atoms with Crippen molar-refractivity contribution in [3.05, 3.63) is 18.1 Å². The third-order valence-corrected chi connectivity index (χ3v) is 3.24. The van der Waals surface area contributed by atoms with E-state index in [9.17, 15) is 22.0 Å². The number of rotatable bonds is 3. The van der Waals surface area contributed by atoms with Crippen LogP contribution >= 0.6 is 0 Å². The molecule has 1 N–H and O–H groups in total. The van der Waals surface area contributed by atoms with E-state index in [1.54, 1.807) is 7.05 Å². The first-order chi connectivity index (χ1) is 9.20. The molecule has 9 heteroatoms. The van der Waals surface area contributed by atoms with Gasteiger partial charge in [0, 0.05) is 19.5 Å². The van der Waals surface area contributed by atoms with E-state index in [2.05, 4.69) is 15.3 Å². The molecule has 0 amide bonds. The third kappa shape index (κ3) is 3.14. The van der Waals surface area contributed by atoms with Crippen molar-refractivity contribution >= 4 is 5.82 Å². The number of hydrogen-bond acceptors (Lipinski definition) is 4. The fourth-order valence-electron chi connectivity index (χ4n) is 2.04. The molecule has 0 aliphatic carbocycles. The average Bonchev–Trinajstić information content (AvgIpc) is 2.61. The third-order valence-electron chi connectivity index (χ3n) is 3.24. The van der Waals surface area contributed by atoms with Crippen LogP contribution < -0.4 is 5.32 Å². The van der Waals surface area contributed by atoms with Crippen LogP contribution in [0.15, 0.2) is 12.4 Å². The predicted molar refractivity (Wildman–Crippen MR) is 61.5 cm³/mol. The number of anilines is 1. The Kier molecular flexibility index (Phi) is 3.81. The molecule has 20 heavy (non-hydrogen) atoms. The van der Waals surface area contributed by atoms with Gasteiger partial charge in [-0.25, -0.2) is 18.7 Å². The molecule has 2 heterocycles. The van der Waals surface area contributed by atoms with Crippen LogP contribution in [0.4, 0.5) is 27.8 Å². The van der Waals surface area contributed by atoms with Crippen LogP contribution in [0, 0.1) is 0 Å². The molecular formula is C11H13F5N4. The van der Waals surface area contributed by atoms with Crippen LogP contribution in [0.5, 0.6) is 0 Å². The fourth-order valence-corrected chi connectivity index (χ4v) is 2.04. The lowest BCUT2D eigenvalue weighted by Crippen LogP contribution is -2.42. The zero-order valence-electron chi connectivity index (χ0n) is 10.6. The van der Waals surface area contributed by atoms with Gasteiger partial charge in [0.25, 0.3) is 5.92 Å². The maximum atomic E-state index is 13.5. The number of hydrogen-bond donors (Lipinski definition) is 1. The average molecular weight is 296 g/mol. The molecule has 1 aromatic rings. The molecule has 4 nitrogen and oxygen atoms in total. The van der Waals surface area contributed by atoms with Gasteiger partial charge in [0.1, 0.15) is 5.82 Å². The second-order valence-electron chi connectivity index (χ2n) is 4.67. The summed E-state index contributed by atoms with van der Waals surface area (Å²) in [6.07, 6.45) is -3.34. The maximum Gasteiger partial charge on any atom is 0.434 e. The predicted octanol–water partition coefficient (Wildman–Crippen LogP) is 2.25. The number of aromatic nitrogens is 2. The zero-order chi connectivity index (χ0) is 15.0. The van der Waals surface area contributed by atoms with Gasteiger partial charge < -0.3 is 5.32 Å². The lowest BCUT2D eigenvalue weighted by Gasteiger charge is -2.24. The Hall–Kier alpha value is -1.51. The van der Waals surface area contributed by atoms with Crippen molar-refractivity contribution in [2.75, 3.05) is 25.5 Å². The fraction of sp³-hybridized carbons (Fsp3) is 0.636. The van der Waals surface area contributed by atoms with E-state index in [1.165, 1.54) is 4.90 Å². The minimum Gasteiger partial charge on any atom is -0.367 e. The summed E-state index contributed by atoms with van der Waals surface area (Å²) in [7, 11) is 1.58. The van der Waals surface area contributed by atoms with Crippen molar-refractivity contribution in [1.82, 2.24) is 14.9 Å². The van der Waals surface area contributed by atoms with Crippen LogP contribution in [-0.4, -0.2) is 47.0 Å². The summed E-state index contributed by atoms with van der Waals surface area (Å²) in [6, 6.07) is -1.01. The Morgan fingerprint density at radius 2 is 2.05 bits per heavy atom. The molecule has 1 saturated heterocycles. The highest BCUT2D eigenvalue weighted by Gasteiger charge is 2.47. The van der Waals surface area contributed by atoms with Gasteiger partial charge in [0.2, 0.25) is 0 Å². The van der Waals surface area contributed by atoms with Crippen LogP contribution in [0.3, 0.4) is 0 Å². The molecule has 1 fully saturated rings. The smallest absolute Gasteiger partial charge is 0.367 e. The van der Waals surface area contributed by atoms with Gasteiger partial charge in [-0.05, 0) is 7.05 Å². The molecule has 0 saturated carbocycles. The number of nitrogens with one attached hydrogen (secondary N) is 1. The Labute approximate surface area is 112 Å². The van der Waals surface area contributed by atoms with E-state index in [4.69, 9.17) is 0 Å². The van der Waals surface area contributed by atoms with Crippen LogP contribution in [0.25, 0.3) is 0 Å². The summed E-state index contributed by atoms with van der Waals surface area (Å²) >= 11 is 0. The number of alkyl halides is 5. The van der Waals surface area contributed by atoms with Gasteiger partial charge in [-0.3, -0.25) is 4.90 Å². The molecule has 1 atom stereocenters. The Morgan fingerprint density at radius 1 is 1.35 bits per heavy atom. The second kappa shape index (κ2) is 5.12. The molecule has 0 bridgehead atoms. The molecule has 0 spiro atoms. The van der Waals surface area contributed by atoms with Gasteiger partial charge in [0.05, 0.1) is 18.4 Å². The first-order valence-corrected chi connectivity index (χ1v) is 5.91. The molecule has 1 aliphatic heterocycles. The summed E-state index contributed by atoms with van der Waals surface area (Å²) in [5, 5.41) is 2.59. The van der Waals surface area contributed by atoms with Gasteiger partial charge in [-0.1, -0.05) is 0 Å². The number of likely N-dealkylation sites (tertiary alicyclic amines) is 1. The quantitative estimate of drug-likeness (QED) is 0.869. The van der Waals surface area contributed by atoms with Gasteiger partial charge in [-0.15, -0.1) is 0 Å². The standard InChI is InChI=1S/C11H13F5N4/c1-20-3-2-10(12,13)8(20)5-19-9-6-17-7(4-18-9)11(14,15)16/h4,6,8H,2-3,5H2,1H3,(H,18,19). The maximum absolute atomic E-state index is 13.5. The Balaban J connectivity index is 1.98. The van der Waals surface area contributed by atoms with Crippen LogP contribution in [0.1, 0.15) is 12.1 Å². The number of nitrogens with zero attached hydrogens (tertiary/aromatic N) is 3. The highest BCUT2D eigenvalue weighted by atomic mass is 19.4. The van der Waals surface area contributed by atoms with Crippen molar-refractivity contribution in [2.24, 2.45) is 0 Å². The lowest BCUT2D eigenvalue weighted by atomic mass is 10.1. The van der Waals surface area contributed by atoms with E-state index in [-0.39, 0.29) is 25.3 Å². The van der Waals surface area contributed by atoms with Crippen molar-refractivity contribution in [3.63, 3.8) is 0 Å². The SMILES string of the molecule is CN1CCC(F)(F)C1CNc1cnc(C(F)(F)F)cn1. The molecule has 1 aromatic heterocycles. The van der Waals surface area contributed by atoms with E-state index in [0.29, 0.717) is 6.20 Å². The van der Waals surface area contributed by atoms with Crippen LogP contribution in [0.2, 0.25) is 0 Å². The van der Waals surface area contributed by atoms with Crippen molar-refractivity contribution in [1.29, 1.82) is 0 Å². The van der Waals surface area contributed by atoms with Crippen molar-refractivity contribution < 1.29 is 22.0 Å². The van der Waals surface area contributed by atoms with E-state index >= 15 is 0 Å².